The third-order valence-corrected chi connectivity index (χ3v) is 2.84. The summed E-state index contributed by atoms with van der Waals surface area (Å²) in [5.74, 6) is -1.75. The first-order valence-electron chi connectivity index (χ1n) is 4.85. The molecule has 1 aromatic rings. The monoisotopic (exact) mass is 278 g/mol. The Bertz CT molecular complexity index is 400. The van der Waals surface area contributed by atoms with Gasteiger partial charge >= 0.3 is 0 Å². The Hall–Kier alpha value is -1.04. The normalized spacial score (nSPS) is 15.9. The third-order valence-electron chi connectivity index (χ3n) is 2.16. The lowest BCUT2D eigenvalue weighted by atomic mass is 10.2. The highest BCUT2D eigenvalue weighted by Crippen LogP contribution is 2.50. The Morgan fingerprint density at radius 1 is 0.765 bits per heavy atom. The number of benzene rings is 1. The van der Waals surface area contributed by atoms with Gasteiger partial charge in [-0.15, -0.1) is 0 Å². The number of halogens is 2. The van der Waals surface area contributed by atoms with Crippen LogP contribution in [-0.2, 0) is 4.74 Å². The Morgan fingerprint density at radius 3 is 1.71 bits per heavy atom. The topological polar surface area (TPSA) is 73.8 Å². The van der Waals surface area contributed by atoms with Gasteiger partial charge in [0.05, 0.1) is 23.3 Å². The Morgan fingerprint density at radius 2 is 1.24 bits per heavy atom. The van der Waals surface area contributed by atoms with Crippen molar-refractivity contribution in [2.24, 2.45) is 0 Å². The molecule has 0 spiro atoms. The molecule has 5 nitrogen and oxygen atoms in total. The molecular formula is C10H8Cl2O5-2. The van der Waals surface area contributed by atoms with Crippen molar-refractivity contribution in [1.82, 2.24) is 0 Å². The summed E-state index contributed by atoms with van der Waals surface area (Å²) in [6.45, 7) is 0.835. The molecule has 0 atom stereocenters. The molecule has 1 aliphatic rings. The van der Waals surface area contributed by atoms with Crippen LogP contribution in [0.15, 0.2) is 0 Å². The number of ether oxygens (including phenoxy) is 3. The Balaban J connectivity index is 2.53. The third kappa shape index (κ3) is 2.31. The van der Waals surface area contributed by atoms with Crippen molar-refractivity contribution in [3.63, 3.8) is 0 Å². The van der Waals surface area contributed by atoms with Crippen molar-refractivity contribution in [2.45, 2.75) is 0 Å². The first-order valence-corrected chi connectivity index (χ1v) is 5.61. The fourth-order valence-corrected chi connectivity index (χ4v) is 1.89. The van der Waals surface area contributed by atoms with Gasteiger partial charge < -0.3 is 24.4 Å². The SMILES string of the molecule is [O-]c1c(Cl)c2c([O-])c(c1Cl)OCCOCCO2. The number of hydrogen-bond acceptors (Lipinski definition) is 5. The van der Waals surface area contributed by atoms with E-state index in [4.69, 9.17) is 37.4 Å². The van der Waals surface area contributed by atoms with Crippen LogP contribution in [-0.4, -0.2) is 26.4 Å². The van der Waals surface area contributed by atoms with E-state index in [9.17, 15) is 10.2 Å². The van der Waals surface area contributed by atoms with Crippen molar-refractivity contribution < 1.29 is 24.4 Å². The van der Waals surface area contributed by atoms with E-state index in [1.54, 1.807) is 0 Å². The van der Waals surface area contributed by atoms with Crippen molar-refractivity contribution in [1.29, 1.82) is 0 Å². The summed E-state index contributed by atoms with van der Waals surface area (Å²) in [6, 6.07) is 0. The van der Waals surface area contributed by atoms with E-state index in [0.29, 0.717) is 0 Å². The van der Waals surface area contributed by atoms with Gasteiger partial charge in [0.1, 0.15) is 24.7 Å². The minimum absolute atomic E-state index is 0.134. The maximum Gasteiger partial charge on any atom is 0.133 e. The van der Waals surface area contributed by atoms with Gasteiger partial charge in [-0.1, -0.05) is 29.0 Å². The molecule has 0 unspecified atom stereocenters. The molecule has 17 heavy (non-hydrogen) atoms. The highest BCUT2D eigenvalue weighted by Gasteiger charge is 2.15. The molecule has 1 heterocycles. The zero-order valence-corrected chi connectivity index (χ0v) is 10.1. The lowest BCUT2D eigenvalue weighted by Gasteiger charge is -2.27. The van der Waals surface area contributed by atoms with E-state index in [0.717, 1.165) is 0 Å². The molecule has 0 aromatic heterocycles. The lowest BCUT2D eigenvalue weighted by Crippen LogP contribution is -2.16. The summed E-state index contributed by atoms with van der Waals surface area (Å²) < 4.78 is 15.4. The molecule has 1 aromatic carbocycles. The molecule has 0 N–H and O–H groups in total. The highest BCUT2D eigenvalue weighted by molar-refractivity contribution is 6.39. The van der Waals surface area contributed by atoms with Crippen LogP contribution in [0.1, 0.15) is 0 Å². The molecule has 0 radical (unpaired) electrons. The van der Waals surface area contributed by atoms with Crippen LogP contribution in [0, 0.1) is 0 Å². The predicted molar refractivity (Wildman–Crippen MR) is 57.2 cm³/mol. The van der Waals surface area contributed by atoms with E-state index in [-0.39, 0.29) is 48.0 Å². The second kappa shape index (κ2) is 5.08. The van der Waals surface area contributed by atoms with Crippen LogP contribution in [0.4, 0.5) is 0 Å². The van der Waals surface area contributed by atoms with E-state index in [1.807, 2.05) is 0 Å². The van der Waals surface area contributed by atoms with Gasteiger partial charge in [0.15, 0.2) is 0 Å². The molecule has 0 aliphatic carbocycles. The van der Waals surface area contributed by atoms with Gasteiger partial charge in [0, 0.05) is 0 Å². The molecular weight excluding hydrogens is 271 g/mol. The molecule has 94 valence electrons. The molecule has 0 saturated carbocycles. The first kappa shape index (κ1) is 12.4. The minimum atomic E-state index is -0.667. The van der Waals surface area contributed by atoms with Crippen LogP contribution in [0.2, 0.25) is 10.0 Å². The molecule has 0 amide bonds. The maximum atomic E-state index is 11.9. The van der Waals surface area contributed by atoms with Crippen molar-refractivity contribution in [2.75, 3.05) is 26.4 Å². The second-order valence-electron chi connectivity index (χ2n) is 3.25. The van der Waals surface area contributed by atoms with Gasteiger partial charge in [-0.3, -0.25) is 0 Å². The van der Waals surface area contributed by atoms with Crippen molar-refractivity contribution in [3.05, 3.63) is 10.0 Å². The number of hydrogen-bond donors (Lipinski definition) is 0. The standard InChI is InChI=1S/C10H10Cl2O5/c11-5-7(13)6(12)10-8(14)9(5)16-3-1-15-2-4-17-10/h13-14H,1-4H2/p-2. The molecule has 1 aliphatic heterocycles. The van der Waals surface area contributed by atoms with Gasteiger partial charge in [0.25, 0.3) is 0 Å². The summed E-state index contributed by atoms with van der Waals surface area (Å²) in [5.41, 5.74) is 0. The fraction of sp³-hybridized carbons (Fsp3) is 0.400. The predicted octanol–water partition coefficient (Wildman–Crippen LogP) is 0.928. The van der Waals surface area contributed by atoms with Crippen LogP contribution in [0.5, 0.6) is 23.0 Å². The summed E-state index contributed by atoms with van der Waals surface area (Å²) in [7, 11) is 0. The minimum Gasteiger partial charge on any atom is -0.870 e. The second-order valence-corrected chi connectivity index (χ2v) is 4.01. The summed E-state index contributed by atoms with van der Waals surface area (Å²) >= 11 is 11.4. The van der Waals surface area contributed by atoms with Gasteiger partial charge in [0.2, 0.25) is 0 Å². The average molecular weight is 279 g/mol. The largest absolute Gasteiger partial charge is 0.870 e. The summed E-state index contributed by atoms with van der Waals surface area (Å²) in [4.78, 5) is 0. The van der Waals surface area contributed by atoms with Gasteiger partial charge in [-0.25, -0.2) is 0 Å². The van der Waals surface area contributed by atoms with Gasteiger partial charge in [-0.2, -0.15) is 0 Å². The molecule has 2 rings (SSSR count). The van der Waals surface area contributed by atoms with Crippen LogP contribution >= 0.6 is 23.2 Å². The highest BCUT2D eigenvalue weighted by atomic mass is 35.5. The lowest BCUT2D eigenvalue weighted by molar-refractivity contribution is -0.277. The Kier molecular flexibility index (Phi) is 3.71. The first-order chi connectivity index (χ1) is 8.13. The molecule has 0 saturated heterocycles. The van der Waals surface area contributed by atoms with E-state index >= 15 is 0 Å². The zero-order chi connectivity index (χ0) is 12.4. The van der Waals surface area contributed by atoms with E-state index in [2.05, 4.69) is 0 Å². The van der Waals surface area contributed by atoms with Crippen LogP contribution in [0.25, 0.3) is 0 Å². The van der Waals surface area contributed by atoms with Crippen LogP contribution in [0.3, 0.4) is 0 Å². The smallest absolute Gasteiger partial charge is 0.133 e. The van der Waals surface area contributed by atoms with E-state index < -0.39 is 11.5 Å². The molecule has 2 bridgehead atoms. The molecule has 7 heteroatoms. The summed E-state index contributed by atoms with van der Waals surface area (Å²) in [6.07, 6.45) is 0. The fourth-order valence-electron chi connectivity index (χ4n) is 1.37. The summed E-state index contributed by atoms with van der Waals surface area (Å²) in [5, 5.41) is 22.9. The number of rotatable bonds is 0. The molecule has 0 fully saturated rings. The van der Waals surface area contributed by atoms with Crippen molar-refractivity contribution >= 4 is 23.2 Å². The quantitative estimate of drug-likeness (QED) is 0.706. The average Bonchev–Trinajstić information content (AvgIpc) is 2.32. The van der Waals surface area contributed by atoms with E-state index in [1.165, 1.54) is 0 Å². The maximum absolute atomic E-state index is 11.9. The van der Waals surface area contributed by atoms with Gasteiger partial charge in [-0.05, 0) is 5.75 Å². The van der Waals surface area contributed by atoms with Crippen LogP contribution < -0.4 is 19.7 Å². The van der Waals surface area contributed by atoms with Crippen molar-refractivity contribution in [3.8, 4) is 23.0 Å². The number of fused-ring (bicyclic) bond motifs is 2. The Labute approximate surface area is 107 Å². The zero-order valence-electron chi connectivity index (χ0n) is 8.63.